The van der Waals surface area contributed by atoms with Crippen LogP contribution in [0.15, 0.2) is 15.8 Å². The molecule has 1 rings (SSSR count). The van der Waals surface area contributed by atoms with Crippen molar-refractivity contribution in [1.82, 2.24) is 14.5 Å². The quantitative estimate of drug-likeness (QED) is 0.728. The van der Waals surface area contributed by atoms with Gasteiger partial charge in [-0.2, -0.15) is 0 Å². The summed E-state index contributed by atoms with van der Waals surface area (Å²) in [6.45, 7) is 2.76. The van der Waals surface area contributed by atoms with Crippen LogP contribution >= 0.6 is 0 Å². The lowest BCUT2D eigenvalue weighted by molar-refractivity contribution is -0.138. The molecular weight excluding hydrogens is 254 g/mol. The molecule has 1 amide bonds. The lowest BCUT2D eigenvalue weighted by Gasteiger charge is -2.24. The summed E-state index contributed by atoms with van der Waals surface area (Å²) in [6, 6.07) is -0.389. The van der Waals surface area contributed by atoms with Crippen LogP contribution in [0.1, 0.15) is 24.2 Å². The second-order valence-electron chi connectivity index (χ2n) is 4.33. The molecule has 0 spiro atoms. The van der Waals surface area contributed by atoms with Gasteiger partial charge in [0, 0.05) is 19.3 Å². The Bertz CT molecular complexity index is 613. The zero-order chi connectivity index (χ0) is 14.7. The molecule has 0 atom stereocenters. The molecule has 0 unspecified atom stereocenters. The van der Waals surface area contributed by atoms with E-state index in [0.29, 0.717) is 0 Å². The summed E-state index contributed by atoms with van der Waals surface area (Å²) in [4.78, 5) is 48.7. The number of H-pyrrole nitrogens is 1. The number of aliphatic carboxylic acids is 1. The number of aryl methyl sites for hydroxylation is 1. The topological polar surface area (TPSA) is 112 Å². The van der Waals surface area contributed by atoms with Crippen LogP contribution in [0.5, 0.6) is 0 Å². The molecule has 0 aliphatic rings. The minimum Gasteiger partial charge on any atom is -0.480 e. The zero-order valence-electron chi connectivity index (χ0n) is 10.8. The average Bonchev–Trinajstić information content (AvgIpc) is 2.29. The van der Waals surface area contributed by atoms with Crippen LogP contribution in [-0.2, 0) is 11.8 Å². The van der Waals surface area contributed by atoms with Gasteiger partial charge in [-0.1, -0.05) is 0 Å². The van der Waals surface area contributed by atoms with Crippen molar-refractivity contribution >= 4 is 11.9 Å². The first kappa shape index (κ1) is 14.7. The number of carbonyl (C=O) groups excluding carboxylic acids is 1. The van der Waals surface area contributed by atoms with E-state index in [1.54, 1.807) is 13.8 Å². The summed E-state index contributed by atoms with van der Waals surface area (Å²) in [5.41, 5.74) is -1.74. The van der Waals surface area contributed by atoms with E-state index in [1.807, 2.05) is 4.98 Å². The Labute approximate surface area is 108 Å². The van der Waals surface area contributed by atoms with Crippen molar-refractivity contribution in [1.29, 1.82) is 0 Å². The number of nitrogens with zero attached hydrogens (tertiary/aromatic N) is 2. The maximum atomic E-state index is 12.1. The lowest BCUT2D eigenvalue weighted by atomic mass is 10.2. The summed E-state index contributed by atoms with van der Waals surface area (Å²) in [7, 11) is 1.38. The molecule has 0 bridgehead atoms. The van der Waals surface area contributed by atoms with Gasteiger partial charge in [-0.05, 0) is 13.8 Å². The van der Waals surface area contributed by atoms with E-state index in [1.165, 1.54) is 7.05 Å². The smallest absolute Gasteiger partial charge is 0.328 e. The molecule has 0 saturated heterocycles. The molecule has 8 heteroatoms. The van der Waals surface area contributed by atoms with E-state index in [2.05, 4.69) is 0 Å². The Kier molecular flexibility index (Phi) is 4.26. The van der Waals surface area contributed by atoms with Crippen molar-refractivity contribution in [3.8, 4) is 0 Å². The molecule has 19 heavy (non-hydrogen) atoms. The van der Waals surface area contributed by atoms with Gasteiger partial charge in [0.25, 0.3) is 11.5 Å². The molecule has 0 aliphatic carbocycles. The molecule has 0 fully saturated rings. The van der Waals surface area contributed by atoms with Gasteiger partial charge in [0.2, 0.25) is 0 Å². The van der Waals surface area contributed by atoms with Crippen LogP contribution in [0.2, 0.25) is 0 Å². The Hall–Kier alpha value is -2.38. The monoisotopic (exact) mass is 269 g/mol. The van der Waals surface area contributed by atoms with E-state index in [0.717, 1.165) is 15.7 Å². The first-order valence-electron chi connectivity index (χ1n) is 5.56. The predicted octanol–water partition coefficient (Wildman–Crippen LogP) is -0.991. The highest BCUT2D eigenvalue weighted by Crippen LogP contribution is 2.04. The molecule has 8 nitrogen and oxygen atoms in total. The van der Waals surface area contributed by atoms with Gasteiger partial charge in [-0.25, -0.2) is 4.79 Å². The first-order chi connectivity index (χ1) is 8.73. The van der Waals surface area contributed by atoms with Gasteiger partial charge in [0.05, 0.1) is 0 Å². The Balaban J connectivity index is 3.24. The van der Waals surface area contributed by atoms with Crippen LogP contribution in [-0.4, -0.2) is 44.0 Å². The van der Waals surface area contributed by atoms with Gasteiger partial charge >= 0.3 is 11.7 Å². The van der Waals surface area contributed by atoms with Gasteiger partial charge in [0.15, 0.2) is 0 Å². The number of aromatic nitrogens is 2. The fourth-order valence-electron chi connectivity index (χ4n) is 1.51. The van der Waals surface area contributed by atoms with Gasteiger partial charge < -0.3 is 14.6 Å². The molecule has 104 valence electrons. The third kappa shape index (κ3) is 3.30. The summed E-state index contributed by atoms with van der Waals surface area (Å²) in [5, 5.41) is 8.76. The zero-order valence-corrected chi connectivity index (χ0v) is 10.8. The van der Waals surface area contributed by atoms with Gasteiger partial charge in [-0.15, -0.1) is 0 Å². The minimum atomic E-state index is -1.18. The molecule has 2 N–H and O–H groups in total. The second-order valence-corrected chi connectivity index (χ2v) is 4.33. The largest absolute Gasteiger partial charge is 0.480 e. The van der Waals surface area contributed by atoms with Crippen LogP contribution < -0.4 is 11.2 Å². The number of rotatable bonds is 4. The van der Waals surface area contributed by atoms with Crippen molar-refractivity contribution in [2.45, 2.75) is 19.9 Å². The van der Waals surface area contributed by atoms with Crippen molar-refractivity contribution in [2.75, 3.05) is 6.54 Å². The summed E-state index contributed by atoms with van der Waals surface area (Å²) >= 11 is 0. The van der Waals surface area contributed by atoms with Crippen LogP contribution in [0.3, 0.4) is 0 Å². The second kappa shape index (κ2) is 5.51. The number of aromatic amines is 1. The van der Waals surface area contributed by atoms with Crippen molar-refractivity contribution in [3.63, 3.8) is 0 Å². The van der Waals surface area contributed by atoms with Gasteiger partial charge in [-0.3, -0.25) is 19.4 Å². The molecule has 1 aromatic rings. The van der Waals surface area contributed by atoms with Crippen LogP contribution in [0, 0.1) is 0 Å². The summed E-state index contributed by atoms with van der Waals surface area (Å²) < 4.78 is 1.05. The van der Waals surface area contributed by atoms with Crippen LogP contribution in [0.4, 0.5) is 0 Å². The van der Waals surface area contributed by atoms with Crippen molar-refractivity contribution in [3.05, 3.63) is 32.6 Å². The fraction of sp³-hybridized carbons (Fsp3) is 0.455. The average molecular weight is 269 g/mol. The predicted molar refractivity (Wildman–Crippen MR) is 66.1 cm³/mol. The summed E-state index contributed by atoms with van der Waals surface area (Å²) in [5.74, 6) is -1.91. The fourth-order valence-corrected chi connectivity index (χ4v) is 1.51. The number of carboxylic acid groups (broad SMARTS) is 1. The standard InChI is InChI=1S/C11H15N3O5/c1-6(2)14(5-8(15)16)10(18)7-4-13(3)11(19)12-9(7)17/h4,6H,5H2,1-3H3,(H,15,16)(H,12,17,19). The van der Waals surface area contributed by atoms with E-state index in [4.69, 9.17) is 5.11 Å². The SMILES string of the molecule is CC(C)N(CC(=O)O)C(=O)c1cn(C)c(=O)[nH]c1=O. The molecule has 1 aromatic heterocycles. The lowest BCUT2D eigenvalue weighted by Crippen LogP contribution is -2.44. The highest BCUT2D eigenvalue weighted by Gasteiger charge is 2.24. The van der Waals surface area contributed by atoms with Crippen LogP contribution in [0.25, 0.3) is 0 Å². The molecule has 0 aromatic carbocycles. The van der Waals surface area contributed by atoms with E-state index >= 15 is 0 Å². The number of carboxylic acids is 1. The highest BCUT2D eigenvalue weighted by molar-refractivity contribution is 5.95. The minimum absolute atomic E-state index is 0.267. The highest BCUT2D eigenvalue weighted by atomic mass is 16.4. The molecule has 1 heterocycles. The maximum Gasteiger partial charge on any atom is 0.328 e. The van der Waals surface area contributed by atoms with Crippen molar-refractivity contribution in [2.24, 2.45) is 7.05 Å². The molecule has 0 radical (unpaired) electrons. The third-order valence-corrected chi connectivity index (χ3v) is 2.53. The molecule has 0 aliphatic heterocycles. The Morgan fingerprint density at radius 1 is 1.42 bits per heavy atom. The van der Waals surface area contributed by atoms with Gasteiger partial charge in [0.1, 0.15) is 12.1 Å². The normalized spacial score (nSPS) is 10.5. The number of hydrogen-bond donors (Lipinski definition) is 2. The first-order valence-corrected chi connectivity index (χ1v) is 5.56. The number of carbonyl (C=O) groups is 2. The van der Waals surface area contributed by atoms with E-state index in [9.17, 15) is 19.2 Å². The van der Waals surface area contributed by atoms with Crippen molar-refractivity contribution < 1.29 is 14.7 Å². The molecular formula is C11H15N3O5. The number of hydrogen-bond acceptors (Lipinski definition) is 4. The maximum absolute atomic E-state index is 12.1. The molecule has 0 saturated carbocycles. The number of nitrogens with one attached hydrogen (secondary N) is 1. The number of amides is 1. The Morgan fingerprint density at radius 2 is 2.00 bits per heavy atom. The summed E-state index contributed by atoms with van der Waals surface area (Å²) in [6.07, 6.45) is 1.10. The van der Waals surface area contributed by atoms with E-state index < -0.39 is 29.7 Å². The van der Waals surface area contributed by atoms with E-state index in [-0.39, 0.29) is 11.6 Å². The third-order valence-electron chi connectivity index (χ3n) is 2.53. The Morgan fingerprint density at radius 3 is 2.47 bits per heavy atom.